The second-order valence-electron chi connectivity index (χ2n) is 7.04. The Labute approximate surface area is 156 Å². The fourth-order valence-corrected chi connectivity index (χ4v) is 3.50. The van der Waals surface area contributed by atoms with Crippen LogP contribution in [0.3, 0.4) is 0 Å². The van der Waals surface area contributed by atoms with Gasteiger partial charge in [0.1, 0.15) is 11.4 Å². The molecular weight excluding hydrogens is 322 g/mol. The number of amides is 1. The molecular formula is C23H27NO2. The molecule has 0 saturated carbocycles. The van der Waals surface area contributed by atoms with E-state index in [1.165, 1.54) is 5.56 Å². The van der Waals surface area contributed by atoms with Crippen LogP contribution in [0.15, 0.2) is 54.6 Å². The number of para-hydroxylation sites is 1. The molecule has 3 rings (SSSR count). The molecule has 1 N–H and O–H groups in total. The summed E-state index contributed by atoms with van der Waals surface area (Å²) in [5.74, 6) is 0.809. The van der Waals surface area contributed by atoms with Crippen LogP contribution in [0.4, 0.5) is 0 Å². The van der Waals surface area contributed by atoms with Gasteiger partial charge in [0.25, 0.3) is 0 Å². The summed E-state index contributed by atoms with van der Waals surface area (Å²) >= 11 is 0. The van der Waals surface area contributed by atoms with E-state index in [-0.39, 0.29) is 17.6 Å². The summed E-state index contributed by atoms with van der Waals surface area (Å²) in [6.07, 6.45) is 6.10. The molecule has 136 valence electrons. The summed E-state index contributed by atoms with van der Waals surface area (Å²) in [4.78, 5) is 12.5. The maximum atomic E-state index is 12.5. The molecule has 26 heavy (non-hydrogen) atoms. The third-order valence-electron chi connectivity index (χ3n) is 5.31. The van der Waals surface area contributed by atoms with E-state index in [9.17, 15) is 4.79 Å². The Kier molecular flexibility index (Phi) is 5.46. The molecule has 0 unspecified atom stereocenters. The average molecular weight is 349 g/mol. The first-order valence-corrected chi connectivity index (χ1v) is 9.38. The molecule has 3 nitrogen and oxygen atoms in total. The molecule has 0 radical (unpaired) electrons. The number of carbonyl (C=O) groups excluding carboxylic acids is 1. The topological polar surface area (TPSA) is 38.3 Å². The SMILES string of the molecule is CCC1(CC)C[C@@H](NC(=O)/C=C/c2ccc(C)cc2)c2ccccc2O1. The molecule has 2 aromatic carbocycles. The molecule has 0 saturated heterocycles. The van der Waals surface area contributed by atoms with Crippen LogP contribution in [0.1, 0.15) is 55.8 Å². The van der Waals surface area contributed by atoms with Crippen LogP contribution < -0.4 is 10.1 Å². The molecule has 2 aromatic rings. The van der Waals surface area contributed by atoms with Gasteiger partial charge in [-0.3, -0.25) is 4.79 Å². The predicted octanol–water partition coefficient (Wildman–Crippen LogP) is 5.21. The first-order valence-electron chi connectivity index (χ1n) is 9.38. The van der Waals surface area contributed by atoms with Crippen molar-refractivity contribution in [2.24, 2.45) is 0 Å². The van der Waals surface area contributed by atoms with E-state index in [1.54, 1.807) is 6.08 Å². The number of nitrogens with one attached hydrogen (secondary N) is 1. The van der Waals surface area contributed by atoms with Crippen LogP contribution in [0, 0.1) is 6.92 Å². The number of carbonyl (C=O) groups is 1. The lowest BCUT2D eigenvalue weighted by atomic mass is 9.83. The molecule has 0 aliphatic carbocycles. The van der Waals surface area contributed by atoms with Gasteiger partial charge in [-0.25, -0.2) is 0 Å². The van der Waals surface area contributed by atoms with Gasteiger partial charge < -0.3 is 10.1 Å². The maximum Gasteiger partial charge on any atom is 0.244 e. The molecule has 1 aliphatic heterocycles. The first kappa shape index (κ1) is 18.2. The average Bonchev–Trinajstić information content (AvgIpc) is 2.67. The molecule has 1 amide bonds. The highest BCUT2D eigenvalue weighted by molar-refractivity contribution is 5.92. The van der Waals surface area contributed by atoms with E-state index in [1.807, 2.05) is 54.6 Å². The van der Waals surface area contributed by atoms with Crippen LogP contribution in [0.2, 0.25) is 0 Å². The van der Waals surface area contributed by atoms with Gasteiger partial charge in [-0.1, -0.05) is 61.9 Å². The van der Waals surface area contributed by atoms with Gasteiger partial charge in [0.2, 0.25) is 5.91 Å². The van der Waals surface area contributed by atoms with Gasteiger partial charge in [0, 0.05) is 18.1 Å². The molecule has 0 fully saturated rings. The minimum atomic E-state index is -0.215. The van der Waals surface area contributed by atoms with Crippen molar-refractivity contribution in [3.63, 3.8) is 0 Å². The van der Waals surface area contributed by atoms with Crippen LogP contribution >= 0.6 is 0 Å². The summed E-state index contributed by atoms with van der Waals surface area (Å²) in [6, 6.07) is 16.1. The van der Waals surface area contributed by atoms with E-state index in [0.717, 1.165) is 36.1 Å². The van der Waals surface area contributed by atoms with E-state index in [0.29, 0.717) is 0 Å². The molecule has 0 bridgehead atoms. The number of rotatable bonds is 5. The summed E-state index contributed by atoms with van der Waals surface area (Å²) in [6.45, 7) is 6.34. The zero-order chi connectivity index (χ0) is 18.6. The molecule has 0 spiro atoms. The van der Waals surface area contributed by atoms with Crippen LogP contribution in [0.25, 0.3) is 6.08 Å². The van der Waals surface area contributed by atoms with Gasteiger partial charge >= 0.3 is 0 Å². The highest BCUT2D eigenvalue weighted by Crippen LogP contribution is 2.42. The fourth-order valence-electron chi connectivity index (χ4n) is 3.50. The second-order valence-corrected chi connectivity index (χ2v) is 7.04. The number of hydrogen-bond acceptors (Lipinski definition) is 2. The molecule has 1 aliphatic rings. The summed E-state index contributed by atoms with van der Waals surface area (Å²) in [5, 5.41) is 3.17. The van der Waals surface area contributed by atoms with E-state index in [4.69, 9.17) is 4.74 Å². The third kappa shape index (κ3) is 3.98. The third-order valence-corrected chi connectivity index (χ3v) is 5.31. The Morgan fingerprint density at radius 2 is 1.85 bits per heavy atom. The zero-order valence-electron chi connectivity index (χ0n) is 15.8. The highest BCUT2D eigenvalue weighted by atomic mass is 16.5. The Bertz CT molecular complexity index is 788. The van der Waals surface area contributed by atoms with Gasteiger partial charge in [0.05, 0.1) is 6.04 Å². The van der Waals surface area contributed by atoms with E-state index in [2.05, 4.69) is 26.1 Å². The Balaban J connectivity index is 1.77. The number of benzene rings is 2. The number of ether oxygens (including phenoxy) is 1. The highest BCUT2D eigenvalue weighted by Gasteiger charge is 2.38. The van der Waals surface area contributed by atoms with E-state index >= 15 is 0 Å². The van der Waals surface area contributed by atoms with Gasteiger partial charge in [-0.15, -0.1) is 0 Å². The monoisotopic (exact) mass is 349 g/mol. The van der Waals surface area contributed by atoms with Crippen LogP contribution in [-0.2, 0) is 4.79 Å². The van der Waals surface area contributed by atoms with Crippen molar-refractivity contribution < 1.29 is 9.53 Å². The lowest BCUT2D eigenvalue weighted by Gasteiger charge is -2.41. The quantitative estimate of drug-likeness (QED) is 0.753. The maximum absolute atomic E-state index is 12.5. The van der Waals surface area contributed by atoms with Crippen molar-refractivity contribution in [1.29, 1.82) is 0 Å². The largest absolute Gasteiger partial charge is 0.487 e. The van der Waals surface area contributed by atoms with Crippen molar-refractivity contribution in [2.75, 3.05) is 0 Å². The lowest BCUT2D eigenvalue weighted by molar-refractivity contribution is -0.117. The summed E-state index contributed by atoms with van der Waals surface area (Å²) < 4.78 is 6.30. The van der Waals surface area contributed by atoms with Crippen LogP contribution in [-0.4, -0.2) is 11.5 Å². The van der Waals surface area contributed by atoms with Crippen LogP contribution in [0.5, 0.6) is 5.75 Å². The van der Waals surface area contributed by atoms with Crippen molar-refractivity contribution in [3.8, 4) is 5.75 Å². The Hall–Kier alpha value is -2.55. The molecule has 1 atom stereocenters. The van der Waals surface area contributed by atoms with Crippen molar-refractivity contribution in [2.45, 2.75) is 51.7 Å². The Morgan fingerprint density at radius 3 is 2.54 bits per heavy atom. The summed E-state index contributed by atoms with van der Waals surface area (Å²) in [7, 11) is 0. The van der Waals surface area contributed by atoms with Gasteiger partial charge in [-0.2, -0.15) is 0 Å². The number of aryl methyl sites for hydroxylation is 1. The van der Waals surface area contributed by atoms with Crippen molar-refractivity contribution in [3.05, 3.63) is 71.3 Å². The molecule has 3 heteroatoms. The Morgan fingerprint density at radius 1 is 1.15 bits per heavy atom. The van der Waals surface area contributed by atoms with Crippen molar-refractivity contribution in [1.82, 2.24) is 5.32 Å². The molecule has 0 aromatic heterocycles. The zero-order valence-corrected chi connectivity index (χ0v) is 15.8. The normalized spacial score (nSPS) is 18.2. The summed E-state index contributed by atoms with van der Waals surface area (Å²) in [5.41, 5.74) is 3.07. The lowest BCUT2D eigenvalue weighted by Crippen LogP contribution is -2.44. The van der Waals surface area contributed by atoms with Crippen molar-refractivity contribution >= 4 is 12.0 Å². The van der Waals surface area contributed by atoms with E-state index < -0.39 is 0 Å². The molecule has 1 heterocycles. The first-order chi connectivity index (χ1) is 12.5. The minimum absolute atomic E-state index is 0.0324. The second kappa shape index (κ2) is 7.77. The van der Waals surface area contributed by atoms with Gasteiger partial charge in [-0.05, 0) is 37.5 Å². The standard InChI is InChI=1S/C23H27NO2/c1-4-23(5-2)16-20(19-8-6-7-9-21(19)26-23)24-22(25)15-14-18-12-10-17(3)11-13-18/h6-15,20H,4-5,16H2,1-3H3,(H,24,25)/b15-14+/t20-/m1/s1. The smallest absolute Gasteiger partial charge is 0.244 e. The fraction of sp³-hybridized carbons (Fsp3) is 0.348. The predicted molar refractivity (Wildman–Crippen MR) is 106 cm³/mol. The number of fused-ring (bicyclic) bond motifs is 1. The minimum Gasteiger partial charge on any atom is -0.487 e. The number of hydrogen-bond donors (Lipinski definition) is 1. The van der Waals surface area contributed by atoms with Gasteiger partial charge in [0.15, 0.2) is 0 Å².